The minimum absolute atomic E-state index is 0.141. The van der Waals surface area contributed by atoms with Gasteiger partial charge in [0.1, 0.15) is 0 Å². The lowest BCUT2D eigenvalue weighted by Crippen LogP contribution is -2.17. The van der Waals surface area contributed by atoms with Gasteiger partial charge >= 0.3 is 5.69 Å². The van der Waals surface area contributed by atoms with Crippen molar-refractivity contribution in [3.05, 3.63) is 34.1 Å². The Balaban J connectivity index is 2.34. The van der Waals surface area contributed by atoms with E-state index in [1.165, 1.54) is 26.4 Å². The molecule has 0 bridgehead atoms. The van der Waals surface area contributed by atoms with Gasteiger partial charge < -0.3 is 19.7 Å². The minimum Gasteiger partial charge on any atom is -0.490 e. The number of aromatic nitrogens is 2. The van der Waals surface area contributed by atoms with E-state index in [1.807, 2.05) is 0 Å². The molecular formula is C12H14N4O5. The van der Waals surface area contributed by atoms with Gasteiger partial charge in [-0.3, -0.25) is 10.1 Å². The Morgan fingerprint density at radius 1 is 1.48 bits per heavy atom. The smallest absolute Gasteiger partial charge is 0.311 e. The molecule has 1 aromatic carbocycles. The van der Waals surface area contributed by atoms with Crippen LogP contribution in [0.15, 0.2) is 22.7 Å². The zero-order valence-electron chi connectivity index (χ0n) is 11.5. The first-order valence-corrected chi connectivity index (χ1v) is 5.97. The van der Waals surface area contributed by atoms with E-state index in [2.05, 4.69) is 10.1 Å². The number of methoxy groups -OCH3 is 2. The summed E-state index contributed by atoms with van der Waals surface area (Å²) < 4.78 is 14.9. The van der Waals surface area contributed by atoms with E-state index in [0.29, 0.717) is 5.56 Å². The zero-order valence-corrected chi connectivity index (χ0v) is 11.5. The van der Waals surface area contributed by atoms with Crippen molar-refractivity contribution in [2.45, 2.75) is 6.04 Å². The van der Waals surface area contributed by atoms with Crippen molar-refractivity contribution in [3.63, 3.8) is 0 Å². The lowest BCUT2D eigenvalue weighted by atomic mass is 10.2. The van der Waals surface area contributed by atoms with Crippen LogP contribution in [0.4, 0.5) is 5.69 Å². The van der Waals surface area contributed by atoms with Gasteiger partial charge in [0.25, 0.3) is 5.89 Å². The SMILES string of the molecule is COCC(N)c1noc(-c2ccc(OC)c([N+](=O)[O-])c2)n1. The highest BCUT2D eigenvalue weighted by atomic mass is 16.6. The maximum Gasteiger partial charge on any atom is 0.311 e. The second-order valence-corrected chi connectivity index (χ2v) is 4.16. The summed E-state index contributed by atoms with van der Waals surface area (Å²) >= 11 is 0. The summed E-state index contributed by atoms with van der Waals surface area (Å²) in [5.41, 5.74) is 6.01. The first-order chi connectivity index (χ1) is 10.1. The fourth-order valence-electron chi connectivity index (χ4n) is 1.72. The normalized spacial score (nSPS) is 12.1. The molecule has 0 amide bonds. The predicted octanol–water partition coefficient (Wildman–Crippen LogP) is 1.30. The summed E-state index contributed by atoms with van der Waals surface area (Å²) in [5, 5.41) is 14.7. The van der Waals surface area contributed by atoms with Crippen LogP contribution < -0.4 is 10.5 Å². The third kappa shape index (κ3) is 3.15. The molecule has 0 saturated carbocycles. The summed E-state index contributed by atoms with van der Waals surface area (Å²) in [6, 6.07) is 3.83. The highest BCUT2D eigenvalue weighted by Gasteiger charge is 2.20. The maximum absolute atomic E-state index is 11.0. The molecule has 2 N–H and O–H groups in total. The van der Waals surface area contributed by atoms with Crippen molar-refractivity contribution in [1.82, 2.24) is 10.1 Å². The van der Waals surface area contributed by atoms with Crippen LogP contribution in [0.3, 0.4) is 0 Å². The summed E-state index contributed by atoms with van der Waals surface area (Å²) in [6.07, 6.45) is 0. The molecule has 1 unspecified atom stereocenters. The van der Waals surface area contributed by atoms with Gasteiger partial charge in [0, 0.05) is 18.7 Å². The van der Waals surface area contributed by atoms with Crippen molar-refractivity contribution in [1.29, 1.82) is 0 Å². The number of nitro benzene ring substituents is 1. The average molecular weight is 294 g/mol. The number of nitro groups is 1. The van der Waals surface area contributed by atoms with Crippen molar-refractivity contribution >= 4 is 5.69 Å². The van der Waals surface area contributed by atoms with Crippen LogP contribution >= 0.6 is 0 Å². The quantitative estimate of drug-likeness (QED) is 0.623. The molecule has 1 aromatic heterocycles. The Morgan fingerprint density at radius 2 is 2.24 bits per heavy atom. The molecule has 2 rings (SSSR count). The zero-order chi connectivity index (χ0) is 15.4. The lowest BCUT2D eigenvalue weighted by molar-refractivity contribution is -0.385. The van der Waals surface area contributed by atoms with E-state index in [-0.39, 0.29) is 29.8 Å². The summed E-state index contributed by atoms with van der Waals surface area (Å²) in [6.45, 7) is 0.238. The van der Waals surface area contributed by atoms with E-state index in [1.54, 1.807) is 6.07 Å². The molecule has 9 heteroatoms. The summed E-state index contributed by atoms with van der Waals surface area (Å²) in [4.78, 5) is 14.5. The van der Waals surface area contributed by atoms with Gasteiger partial charge in [0.05, 0.1) is 24.7 Å². The average Bonchev–Trinajstić information content (AvgIpc) is 2.96. The van der Waals surface area contributed by atoms with Gasteiger partial charge in [-0.25, -0.2) is 0 Å². The fourth-order valence-corrected chi connectivity index (χ4v) is 1.72. The Hall–Kier alpha value is -2.52. The molecule has 112 valence electrons. The largest absolute Gasteiger partial charge is 0.490 e. The molecule has 1 atom stereocenters. The maximum atomic E-state index is 11.0. The summed E-state index contributed by atoms with van der Waals surface area (Å²) in [7, 11) is 2.87. The predicted molar refractivity (Wildman–Crippen MR) is 71.7 cm³/mol. The van der Waals surface area contributed by atoms with Crippen molar-refractivity contribution in [2.75, 3.05) is 20.8 Å². The standard InChI is InChI=1S/C12H14N4O5/c1-19-6-8(13)11-14-12(21-15-11)7-3-4-10(20-2)9(5-7)16(17)18/h3-5,8H,6,13H2,1-2H3. The van der Waals surface area contributed by atoms with Gasteiger partial charge in [0.2, 0.25) is 0 Å². The fraction of sp³-hybridized carbons (Fsp3) is 0.333. The van der Waals surface area contributed by atoms with Crippen LogP contribution in [0.1, 0.15) is 11.9 Å². The van der Waals surface area contributed by atoms with Gasteiger partial charge in [0.15, 0.2) is 11.6 Å². The van der Waals surface area contributed by atoms with Gasteiger partial charge in [-0.2, -0.15) is 4.98 Å². The molecule has 0 saturated heterocycles. The van der Waals surface area contributed by atoms with Crippen LogP contribution in [0, 0.1) is 10.1 Å². The second kappa shape index (κ2) is 6.29. The first-order valence-electron chi connectivity index (χ1n) is 5.97. The van der Waals surface area contributed by atoms with E-state index >= 15 is 0 Å². The summed E-state index contributed by atoms with van der Waals surface area (Å²) in [5.74, 6) is 0.562. The van der Waals surface area contributed by atoms with E-state index in [4.69, 9.17) is 19.7 Å². The Morgan fingerprint density at radius 3 is 2.86 bits per heavy atom. The number of nitrogens with zero attached hydrogens (tertiary/aromatic N) is 3. The number of benzene rings is 1. The van der Waals surface area contributed by atoms with Crippen molar-refractivity contribution in [3.8, 4) is 17.2 Å². The number of hydrogen-bond donors (Lipinski definition) is 1. The Kier molecular flexibility index (Phi) is 4.45. The molecule has 21 heavy (non-hydrogen) atoms. The molecular weight excluding hydrogens is 280 g/mol. The van der Waals surface area contributed by atoms with Crippen molar-refractivity contribution < 1.29 is 18.9 Å². The van der Waals surface area contributed by atoms with Crippen molar-refractivity contribution in [2.24, 2.45) is 5.73 Å². The lowest BCUT2D eigenvalue weighted by Gasteiger charge is -2.03. The second-order valence-electron chi connectivity index (χ2n) is 4.16. The number of ether oxygens (including phenoxy) is 2. The first kappa shape index (κ1) is 14.9. The molecule has 9 nitrogen and oxygen atoms in total. The molecule has 0 radical (unpaired) electrons. The molecule has 2 aromatic rings. The van der Waals surface area contributed by atoms with Crippen LogP contribution in [0.5, 0.6) is 5.75 Å². The van der Waals surface area contributed by atoms with Crippen LogP contribution in [0.25, 0.3) is 11.5 Å². The van der Waals surface area contributed by atoms with E-state index in [9.17, 15) is 10.1 Å². The number of rotatable bonds is 6. The van der Waals surface area contributed by atoms with Gasteiger partial charge in [-0.05, 0) is 12.1 Å². The molecule has 0 aliphatic heterocycles. The highest BCUT2D eigenvalue weighted by molar-refractivity contribution is 5.62. The third-order valence-electron chi connectivity index (χ3n) is 2.74. The topological polar surface area (TPSA) is 127 Å². The van der Waals surface area contributed by atoms with E-state index < -0.39 is 11.0 Å². The molecule has 0 fully saturated rings. The molecule has 0 spiro atoms. The molecule has 0 aliphatic carbocycles. The van der Waals surface area contributed by atoms with Crippen LogP contribution in [0.2, 0.25) is 0 Å². The minimum atomic E-state index is -0.545. The van der Waals surface area contributed by atoms with Crippen LogP contribution in [-0.4, -0.2) is 35.9 Å². The Labute approximate surface area is 119 Å². The third-order valence-corrected chi connectivity index (χ3v) is 2.74. The molecule has 0 aliphatic rings. The number of nitrogens with two attached hydrogens (primary N) is 1. The number of hydrogen-bond acceptors (Lipinski definition) is 8. The Bertz CT molecular complexity index is 642. The molecule has 1 heterocycles. The van der Waals surface area contributed by atoms with Gasteiger partial charge in [-0.1, -0.05) is 5.16 Å². The van der Waals surface area contributed by atoms with Crippen LogP contribution in [-0.2, 0) is 4.74 Å². The van der Waals surface area contributed by atoms with E-state index in [0.717, 1.165) is 0 Å². The monoisotopic (exact) mass is 294 g/mol. The van der Waals surface area contributed by atoms with Gasteiger partial charge in [-0.15, -0.1) is 0 Å². The highest BCUT2D eigenvalue weighted by Crippen LogP contribution is 2.31.